The Morgan fingerprint density at radius 1 is 1.08 bits per heavy atom. The molecule has 4 heteroatoms. The fourth-order valence-electron chi connectivity index (χ4n) is 3.25. The first kappa shape index (κ1) is 17.5. The molecule has 4 nitrogen and oxygen atoms in total. The Morgan fingerprint density at radius 3 is 2.56 bits per heavy atom. The monoisotopic (exact) mass is 337 g/mol. The molecule has 0 amide bonds. The average molecular weight is 337 g/mol. The third kappa shape index (κ3) is 3.27. The molecule has 0 saturated carbocycles. The Bertz CT molecular complexity index is 970. The average Bonchev–Trinajstić information content (AvgIpc) is 2.60. The summed E-state index contributed by atoms with van der Waals surface area (Å²) in [6, 6.07) is 12.7. The van der Waals surface area contributed by atoms with Crippen molar-refractivity contribution in [2.45, 2.75) is 46.8 Å². The van der Waals surface area contributed by atoms with E-state index in [0.717, 1.165) is 29.1 Å². The number of para-hydroxylation sites is 1. The molecule has 0 radical (unpaired) electrons. The van der Waals surface area contributed by atoms with E-state index in [1.54, 1.807) is 0 Å². The molecule has 0 aliphatic rings. The smallest absolute Gasteiger partial charge is 0.122 e. The summed E-state index contributed by atoms with van der Waals surface area (Å²) in [5, 5.41) is 7.66. The minimum atomic E-state index is 0.0462. The van der Waals surface area contributed by atoms with Gasteiger partial charge in [-0.1, -0.05) is 35.5 Å². The summed E-state index contributed by atoms with van der Waals surface area (Å²) in [5.74, 6) is 0. The zero-order chi connectivity index (χ0) is 18.0. The highest BCUT2D eigenvalue weighted by molar-refractivity contribution is 5.95. The topological polar surface area (TPSA) is 52.5 Å². The highest BCUT2D eigenvalue weighted by Crippen LogP contribution is 2.24. The third-order valence-corrected chi connectivity index (χ3v) is 4.62. The number of hydrogen-bond acceptors (Lipinski definition) is 3. The highest BCUT2D eigenvalue weighted by Gasteiger charge is 2.13. The lowest BCUT2D eigenvalue weighted by atomic mass is 10.0. The van der Waals surface area contributed by atoms with Gasteiger partial charge in [0.25, 0.3) is 0 Å². The highest BCUT2D eigenvalue weighted by atomic mass is 16.6. The van der Waals surface area contributed by atoms with Crippen LogP contribution in [0.15, 0.2) is 41.6 Å². The summed E-state index contributed by atoms with van der Waals surface area (Å²) < 4.78 is 2.38. The van der Waals surface area contributed by atoms with Crippen LogP contribution in [0.2, 0.25) is 0 Å². The molecular formula is C21H27N3O. The number of nitrogens with two attached hydrogens (primary N) is 1. The Hall–Kier alpha value is -2.33. The van der Waals surface area contributed by atoms with E-state index >= 15 is 0 Å². The van der Waals surface area contributed by atoms with E-state index in [0.29, 0.717) is 6.54 Å². The van der Waals surface area contributed by atoms with E-state index in [9.17, 15) is 0 Å². The molecule has 2 aromatic carbocycles. The zero-order valence-electron chi connectivity index (χ0n) is 15.5. The van der Waals surface area contributed by atoms with Crippen LogP contribution < -0.4 is 11.1 Å². The van der Waals surface area contributed by atoms with Gasteiger partial charge in [-0.05, 0) is 57.9 Å². The number of rotatable bonds is 5. The lowest BCUT2D eigenvalue weighted by Crippen LogP contribution is -2.17. The number of aromatic nitrogens is 1. The minimum Gasteiger partial charge on any atom is -0.393 e. The zero-order valence-corrected chi connectivity index (χ0v) is 15.5. The second kappa shape index (κ2) is 7.28. The molecule has 2 N–H and O–H groups in total. The first-order valence-electron chi connectivity index (χ1n) is 8.96. The molecule has 0 unspecified atom stereocenters. The van der Waals surface area contributed by atoms with Gasteiger partial charge in [0.15, 0.2) is 0 Å². The SMILES string of the molecule is Cc1ccc2/c(=N/OC(C)C)c3ccccc3n(CCCN)c2c1C. The van der Waals surface area contributed by atoms with Gasteiger partial charge in [-0.2, -0.15) is 0 Å². The lowest BCUT2D eigenvalue weighted by Gasteiger charge is -2.19. The molecule has 3 aromatic rings. The van der Waals surface area contributed by atoms with Gasteiger partial charge in [0, 0.05) is 17.3 Å². The van der Waals surface area contributed by atoms with Gasteiger partial charge < -0.3 is 15.1 Å². The molecule has 0 fully saturated rings. The van der Waals surface area contributed by atoms with Crippen molar-refractivity contribution in [1.29, 1.82) is 0 Å². The number of hydrogen-bond donors (Lipinski definition) is 1. The van der Waals surface area contributed by atoms with Crippen LogP contribution in [-0.2, 0) is 11.4 Å². The molecule has 0 saturated heterocycles. The van der Waals surface area contributed by atoms with Crippen molar-refractivity contribution >= 4 is 21.8 Å². The fourth-order valence-corrected chi connectivity index (χ4v) is 3.25. The molecule has 0 aliphatic heterocycles. The Morgan fingerprint density at radius 2 is 1.84 bits per heavy atom. The lowest BCUT2D eigenvalue weighted by molar-refractivity contribution is 0.0777. The second-order valence-electron chi connectivity index (χ2n) is 6.81. The van der Waals surface area contributed by atoms with E-state index in [1.165, 1.54) is 22.2 Å². The van der Waals surface area contributed by atoms with Crippen LogP contribution in [-0.4, -0.2) is 17.2 Å². The van der Waals surface area contributed by atoms with Crippen molar-refractivity contribution in [3.05, 3.63) is 52.9 Å². The minimum absolute atomic E-state index is 0.0462. The van der Waals surface area contributed by atoms with E-state index < -0.39 is 0 Å². The van der Waals surface area contributed by atoms with E-state index in [4.69, 9.17) is 10.6 Å². The van der Waals surface area contributed by atoms with Gasteiger partial charge in [-0.3, -0.25) is 0 Å². The number of fused-ring (bicyclic) bond motifs is 2. The van der Waals surface area contributed by atoms with Crippen molar-refractivity contribution in [2.75, 3.05) is 6.54 Å². The van der Waals surface area contributed by atoms with E-state index in [1.807, 2.05) is 13.8 Å². The molecule has 132 valence electrons. The predicted octanol–water partition coefficient (Wildman–Crippen LogP) is 4.00. The number of pyridine rings is 1. The maximum absolute atomic E-state index is 5.79. The van der Waals surface area contributed by atoms with Gasteiger partial charge in [0.1, 0.15) is 11.5 Å². The van der Waals surface area contributed by atoms with E-state index in [2.05, 4.69) is 60.0 Å². The molecule has 0 spiro atoms. The van der Waals surface area contributed by atoms with Crippen LogP contribution in [0.25, 0.3) is 21.8 Å². The van der Waals surface area contributed by atoms with Crippen LogP contribution in [0.1, 0.15) is 31.4 Å². The van der Waals surface area contributed by atoms with Crippen LogP contribution in [0.5, 0.6) is 0 Å². The van der Waals surface area contributed by atoms with Crippen molar-refractivity contribution in [2.24, 2.45) is 10.9 Å². The number of nitrogens with zero attached hydrogens (tertiary/aromatic N) is 2. The van der Waals surface area contributed by atoms with Gasteiger partial charge >= 0.3 is 0 Å². The molecule has 0 bridgehead atoms. The fraction of sp³-hybridized carbons (Fsp3) is 0.381. The quantitative estimate of drug-likeness (QED) is 0.565. The first-order valence-corrected chi connectivity index (χ1v) is 8.96. The summed E-state index contributed by atoms with van der Waals surface area (Å²) in [7, 11) is 0. The summed E-state index contributed by atoms with van der Waals surface area (Å²) in [4.78, 5) is 5.63. The molecular weight excluding hydrogens is 310 g/mol. The Kier molecular flexibility index (Phi) is 5.09. The van der Waals surface area contributed by atoms with Crippen LogP contribution >= 0.6 is 0 Å². The predicted molar refractivity (Wildman–Crippen MR) is 104 cm³/mol. The maximum Gasteiger partial charge on any atom is 0.122 e. The van der Waals surface area contributed by atoms with Crippen molar-refractivity contribution in [3.63, 3.8) is 0 Å². The summed E-state index contributed by atoms with van der Waals surface area (Å²) >= 11 is 0. The first-order chi connectivity index (χ1) is 12.0. The van der Waals surface area contributed by atoms with Crippen LogP contribution in [0.3, 0.4) is 0 Å². The number of benzene rings is 2. The third-order valence-electron chi connectivity index (χ3n) is 4.62. The van der Waals surface area contributed by atoms with Gasteiger partial charge in [-0.25, -0.2) is 0 Å². The maximum atomic E-state index is 5.79. The summed E-state index contributed by atoms with van der Waals surface area (Å²) in [5.41, 5.74) is 10.7. The molecule has 1 aromatic heterocycles. The summed E-state index contributed by atoms with van der Waals surface area (Å²) in [6.45, 7) is 9.89. The molecule has 1 heterocycles. The van der Waals surface area contributed by atoms with Crippen molar-refractivity contribution in [1.82, 2.24) is 4.57 Å². The second-order valence-corrected chi connectivity index (χ2v) is 6.81. The van der Waals surface area contributed by atoms with Gasteiger partial charge in [0.2, 0.25) is 0 Å². The van der Waals surface area contributed by atoms with Crippen molar-refractivity contribution in [3.8, 4) is 0 Å². The van der Waals surface area contributed by atoms with Crippen LogP contribution in [0.4, 0.5) is 0 Å². The van der Waals surface area contributed by atoms with Gasteiger partial charge in [0.05, 0.1) is 11.0 Å². The van der Waals surface area contributed by atoms with E-state index in [-0.39, 0.29) is 6.10 Å². The van der Waals surface area contributed by atoms with Crippen LogP contribution in [0, 0.1) is 13.8 Å². The Labute approximate surface area is 148 Å². The normalized spacial score (nSPS) is 12.5. The Balaban J connectivity index is 2.49. The standard InChI is InChI=1S/C21H27N3O/c1-14(2)25-23-20-17-8-5-6-9-19(17)24(13-7-12-22)21-16(4)15(3)10-11-18(20)21/h5-6,8-11,14H,7,12-13,22H2,1-4H3/b23-20+. The summed E-state index contributed by atoms with van der Waals surface area (Å²) in [6.07, 6.45) is 0.987. The molecule has 3 rings (SSSR count). The largest absolute Gasteiger partial charge is 0.393 e. The molecule has 0 atom stereocenters. The van der Waals surface area contributed by atoms with Gasteiger partial charge in [-0.15, -0.1) is 0 Å². The molecule has 25 heavy (non-hydrogen) atoms. The van der Waals surface area contributed by atoms with Crippen molar-refractivity contribution < 1.29 is 4.84 Å². The molecule has 0 aliphatic carbocycles. The number of aryl methyl sites for hydroxylation is 3.